The van der Waals surface area contributed by atoms with Gasteiger partial charge in [0.15, 0.2) is 0 Å². The first-order chi connectivity index (χ1) is 5.19. The second-order valence-corrected chi connectivity index (χ2v) is 3.90. The number of alkyl halides is 1. The van der Waals surface area contributed by atoms with E-state index >= 15 is 0 Å². The zero-order valence-electron chi connectivity index (χ0n) is 5.96. The summed E-state index contributed by atoms with van der Waals surface area (Å²) < 4.78 is 6.25. The molecule has 60 valence electrons. The summed E-state index contributed by atoms with van der Waals surface area (Å²) >= 11 is 2.21. The Morgan fingerprint density at radius 2 is 2.55 bits per heavy atom. The van der Waals surface area contributed by atoms with Gasteiger partial charge in [-0.15, -0.1) is 0 Å². The molecule has 0 aromatic rings. The molecule has 2 unspecified atom stereocenters. The van der Waals surface area contributed by atoms with Crippen molar-refractivity contribution in [1.82, 2.24) is 5.32 Å². The standard InChI is InChI=1S/C6H9BINO2/c7-5-3-4(10)6(1-8,11-5)2-9-3/h3-5,9-10H,1-2H2/t3?,4?,5-,6+/m1/s1. The smallest absolute Gasteiger partial charge is 0.116 e. The van der Waals surface area contributed by atoms with Gasteiger partial charge >= 0.3 is 0 Å². The lowest BCUT2D eigenvalue weighted by Gasteiger charge is -2.28. The predicted molar refractivity (Wildman–Crippen MR) is 50.0 cm³/mol. The number of nitrogens with one attached hydrogen (secondary N) is 1. The summed E-state index contributed by atoms with van der Waals surface area (Å²) in [4.78, 5) is 0. The Hall–Kier alpha value is 0.675. The summed E-state index contributed by atoms with van der Waals surface area (Å²) in [6.45, 7) is 0.718. The lowest BCUT2D eigenvalue weighted by Crippen LogP contribution is -2.46. The third-order valence-electron chi connectivity index (χ3n) is 2.47. The Morgan fingerprint density at radius 3 is 2.82 bits per heavy atom. The van der Waals surface area contributed by atoms with E-state index in [1.54, 1.807) is 0 Å². The Kier molecular flexibility index (Phi) is 1.94. The SMILES string of the molecule is [B][C@@H]1O[C@@]2(CI)CNC1C2O. The molecule has 0 amide bonds. The van der Waals surface area contributed by atoms with E-state index in [1.165, 1.54) is 0 Å². The van der Waals surface area contributed by atoms with Crippen molar-refractivity contribution in [1.29, 1.82) is 0 Å². The maximum Gasteiger partial charge on any atom is 0.116 e. The van der Waals surface area contributed by atoms with Crippen molar-refractivity contribution in [3.8, 4) is 0 Å². The Bertz CT molecular complexity index is 182. The molecule has 2 rings (SSSR count). The zero-order valence-corrected chi connectivity index (χ0v) is 8.11. The first-order valence-corrected chi connectivity index (χ1v) is 5.13. The summed E-state index contributed by atoms with van der Waals surface area (Å²) in [5.41, 5.74) is -0.412. The van der Waals surface area contributed by atoms with Crippen LogP contribution in [0.2, 0.25) is 0 Å². The van der Waals surface area contributed by atoms with Crippen LogP contribution in [0.4, 0.5) is 0 Å². The van der Waals surface area contributed by atoms with Crippen LogP contribution in [0.5, 0.6) is 0 Å². The number of hydrogen-bond donors (Lipinski definition) is 2. The van der Waals surface area contributed by atoms with Gasteiger partial charge in [-0.3, -0.25) is 0 Å². The third kappa shape index (κ3) is 0.977. The molecule has 2 heterocycles. The van der Waals surface area contributed by atoms with E-state index in [-0.39, 0.29) is 12.0 Å². The van der Waals surface area contributed by atoms with E-state index in [2.05, 4.69) is 27.9 Å². The fourth-order valence-corrected chi connectivity index (χ4v) is 2.64. The quantitative estimate of drug-likeness (QED) is 0.363. The topological polar surface area (TPSA) is 41.5 Å². The highest BCUT2D eigenvalue weighted by atomic mass is 127. The van der Waals surface area contributed by atoms with Crippen molar-refractivity contribution in [3.63, 3.8) is 0 Å². The molecule has 0 spiro atoms. The van der Waals surface area contributed by atoms with E-state index in [4.69, 9.17) is 12.6 Å². The van der Waals surface area contributed by atoms with Crippen molar-refractivity contribution in [2.24, 2.45) is 0 Å². The molecule has 4 atom stereocenters. The normalized spacial score (nSPS) is 55.3. The van der Waals surface area contributed by atoms with Gasteiger partial charge in [-0.05, 0) is 0 Å². The van der Waals surface area contributed by atoms with Gasteiger partial charge in [-0.2, -0.15) is 0 Å². The van der Waals surface area contributed by atoms with Crippen LogP contribution < -0.4 is 5.32 Å². The summed E-state index contributed by atoms with van der Waals surface area (Å²) in [6.07, 6.45) is -0.436. The highest BCUT2D eigenvalue weighted by Gasteiger charge is 2.56. The van der Waals surface area contributed by atoms with E-state index < -0.39 is 11.7 Å². The van der Waals surface area contributed by atoms with Gasteiger partial charge in [-0.1, -0.05) is 22.6 Å². The van der Waals surface area contributed by atoms with E-state index in [0.717, 1.165) is 11.0 Å². The second-order valence-electron chi connectivity index (χ2n) is 3.13. The first-order valence-electron chi connectivity index (χ1n) is 3.60. The fourth-order valence-electron chi connectivity index (χ4n) is 1.74. The zero-order chi connectivity index (χ0) is 8.06. The molecule has 2 N–H and O–H groups in total. The lowest BCUT2D eigenvalue weighted by atomic mass is 9.91. The predicted octanol–water partition coefficient (Wildman–Crippen LogP) is -0.982. The Balaban J connectivity index is 2.24. The fraction of sp³-hybridized carbons (Fsp3) is 1.00. The molecule has 0 aromatic carbocycles. The highest BCUT2D eigenvalue weighted by Crippen LogP contribution is 2.36. The minimum absolute atomic E-state index is 0.0650. The summed E-state index contributed by atoms with van der Waals surface area (Å²) in [5.74, 6) is 0. The average molecular weight is 265 g/mol. The Labute approximate surface area is 80.4 Å². The number of aliphatic hydroxyl groups excluding tert-OH is 1. The summed E-state index contributed by atoms with van der Waals surface area (Å²) in [7, 11) is 5.62. The number of ether oxygens (including phenoxy) is 1. The number of rotatable bonds is 1. The minimum atomic E-state index is -0.436. The molecular formula is C6H9BINO2. The molecule has 2 radical (unpaired) electrons. The molecule has 3 nitrogen and oxygen atoms in total. The summed E-state index contributed by atoms with van der Waals surface area (Å²) in [5, 5.41) is 12.8. The molecule has 0 aliphatic carbocycles. The number of fused-ring (bicyclic) bond motifs is 2. The van der Waals surface area contributed by atoms with Gasteiger partial charge in [0.1, 0.15) is 19.6 Å². The lowest BCUT2D eigenvalue weighted by molar-refractivity contribution is -0.0397. The first kappa shape index (κ1) is 8.28. The number of aliphatic hydroxyl groups is 1. The van der Waals surface area contributed by atoms with Gasteiger partial charge in [0.25, 0.3) is 0 Å². The van der Waals surface area contributed by atoms with Crippen LogP contribution in [0.1, 0.15) is 0 Å². The third-order valence-corrected chi connectivity index (χ3v) is 3.76. The van der Waals surface area contributed by atoms with Crippen LogP contribution in [0.15, 0.2) is 0 Å². The van der Waals surface area contributed by atoms with Crippen LogP contribution >= 0.6 is 22.6 Å². The highest BCUT2D eigenvalue weighted by molar-refractivity contribution is 14.1. The van der Waals surface area contributed by atoms with E-state index in [1.807, 2.05) is 0 Å². The van der Waals surface area contributed by atoms with Gasteiger partial charge in [0.05, 0.1) is 6.04 Å². The van der Waals surface area contributed by atoms with Crippen LogP contribution in [0.25, 0.3) is 0 Å². The minimum Gasteiger partial charge on any atom is -0.388 e. The molecule has 2 aliphatic heterocycles. The van der Waals surface area contributed by atoms with Crippen LogP contribution in [-0.2, 0) is 4.74 Å². The van der Waals surface area contributed by atoms with Gasteiger partial charge < -0.3 is 15.2 Å². The molecule has 0 aromatic heterocycles. The van der Waals surface area contributed by atoms with Crippen molar-refractivity contribution in [2.75, 3.05) is 11.0 Å². The van der Waals surface area contributed by atoms with E-state index in [0.29, 0.717) is 0 Å². The summed E-state index contributed by atoms with van der Waals surface area (Å²) in [6, 6.07) is -0.404. The van der Waals surface area contributed by atoms with Gasteiger partial charge in [0, 0.05) is 17.0 Å². The molecule has 2 saturated heterocycles. The van der Waals surface area contributed by atoms with Gasteiger partial charge in [0.2, 0.25) is 0 Å². The van der Waals surface area contributed by atoms with Crippen molar-refractivity contribution in [3.05, 3.63) is 0 Å². The van der Waals surface area contributed by atoms with Crippen LogP contribution in [0.3, 0.4) is 0 Å². The molecule has 2 bridgehead atoms. The maximum absolute atomic E-state index is 9.68. The largest absolute Gasteiger partial charge is 0.388 e. The molecular weight excluding hydrogens is 256 g/mol. The maximum atomic E-state index is 9.68. The monoisotopic (exact) mass is 265 g/mol. The molecule has 2 aliphatic rings. The van der Waals surface area contributed by atoms with Crippen molar-refractivity contribution >= 4 is 30.4 Å². The number of morpholine rings is 1. The number of halogens is 1. The second kappa shape index (κ2) is 2.58. The van der Waals surface area contributed by atoms with Crippen LogP contribution in [-0.4, -0.2) is 47.7 Å². The molecule has 11 heavy (non-hydrogen) atoms. The molecule has 2 fully saturated rings. The number of hydrogen-bond acceptors (Lipinski definition) is 3. The van der Waals surface area contributed by atoms with Crippen molar-refractivity contribution < 1.29 is 9.84 Å². The van der Waals surface area contributed by atoms with Crippen LogP contribution in [0, 0.1) is 0 Å². The van der Waals surface area contributed by atoms with Gasteiger partial charge in [-0.25, -0.2) is 0 Å². The average Bonchev–Trinajstić information content (AvgIpc) is 2.42. The Morgan fingerprint density at radius 1 is 1.82 bits per heavy atom. The van der Waals surface area contributed by atoms with E-state index in [9.17, 15) is 5.11 Å². The molecule has 0 saturated carbocycles. The molecule has 5 heteroatoms. The van der Waals surface area contributed by atoms with Crippen molar-refractivity contribution in [2.45, 2.75) is 23.8 Å².